The van der Waals surface area contributed by atoms with E-state index in [-0.39, 0.29) is 11.2 Å². The van der Waals surface area contributed by atoms with Gasteiger partial charge in [-0.3, -0.25) is 0 Å². The smallest absolute Gasteiger partial charge is 0.156 e. The number of quaternary nitrogens is 1. The normalized spacial score (nSPS) is 37.6. The topological polar surface area (TPSA) is 43.4 Å². The van der Waals surface area contributed by atoms with Crippen molar-refractivity contribution in [2.24, 2.45) is 5.41 Å². The molecule has 0 aromatic rings. The van der Waals surface area contributed by atoms with E-state index in [1.807, 2.05) is 13.8 Å². The Bertz CT molecular complexity index is 355. The lowest BCUT2D eigenvalue weighted by molar-refractivity contribution is -0.910. The lowest BCUT2D eigenvalue weighted by atomic mass is 9.92. The zero-order chi connectivity index (χ0) is 13.2. The summed E-state index contributed by atoms with van der Waals surface area (Å²) in [5, 5.41) is 0. The van der Waals surface area contributed by atoms with Crippen LogP contribution in [0.3, 0.4) is 0 Å². The van der Waals surface area contributed by atoms with Gasteiger partial charge in [0.15, 0.2) is 9.84 Å². The second-order valence-electron chi connectivity index (χ2n) is 5.86. The molecule has 2 unspecified atom stereocenters. The minimum atomic E-state index is -2.93. The van der Waals surface area contributed by atoms with E-state index in [1.165, 1.54) is 0 Å². The van der Waals surface area contributed by atoms with Crippen molar-refractivity contribution in [2.45, 2.75) is 20.8 Å². The van der Waals surface area contributed by atoms with E-state index in [0.29, 0.717) is 19.0 Å². The molecule has 1 fully saturated rings. The summed E-state index contributed by atoms with van der Waals surface area (Å²) in [5.74, 6) is 0.562. The number of ether oxygens (including phenoxy) is 1. The maximum Gasteiger partial charge on any atom is 0.156 e. The number of hydrogen-bond donors (Lipinski definition) is 0. The van der Waals surface area contributed by atoms with Gasteiger partial charge in [0.05, 0.1) is 50.2 Å². The summed E-state index contributed by atoms with van der Waals surface area (Å²) in [5.41, 5.74) is -0.254. The average molecular weight is 264 g/mol. The molecule has 0 bridgehead atoms. The van der Waals surface area contributed by atoms with E-state index in [4.69, 9.17) is 4.74 Å². The molecular weight excluding hydrogens is 238 g/mol. The van der Waals surface area contributed by atoms with Crippen LogP contribution in [0.4, 0.5) is 0 Å². The van der Waals surface area contributed by atoms with Crippen molar-refractivity contribution in [1.82, 2.24) is 0 Å². The molecule has 5 heteroatoms. The van der Waals surface area contributed by atoms with Crippen LogP contribution in [0.15, 0.2) is 0 Å². The molecule has 17 heavy (non-hydrogen) atoms. The number of hydrogen-bond acceptors (Lipinski definition) is 3. The van der Waals surface area contributed by atoms with Crippen molar-refractivity contribution >= 4 is 9.84 Å². The lowest BCUT2D eigenvalue weighted by Crippen LogP contribution is -2.51. The van der Waals surface area contributed by atoms with Crippen LogP contribution in [0.2, 0.25) is 0 Å². The van der Waals surface area contributed by atoms with Crippen molar-refractivity contribution in [3.63, 3.8) is 0 Å². The molecule has 0 radical (unpaired) electrons. The molecule has 2 atom stereocenters. The maximum absolute atomic E-state index is 12.0. The summed E-state index contributed by atoms with van der Waals surface area (Å²) >= 11 is 0. The molecule has 0 aromatic carbocycles. The second-order valence-corrected chi connectivity index (χ2v) is 8.04. The van der Waals surface area contributed by atoms with E-state index >= 15 is 0 Å². The minimum Gasteiger partial charge on any atom is -0.381 e. The monoisotopic (exact) mass is 264 g/mol. The first-order valence-electron chi connectivity index (χ1n) is 6.36. The van der Waals surface area contributed by atoms with Gasteiger partial charge in [0, 0.05) is 6.61 Å². The van der Waals surface area contributed by atoms with E-state index < -0.39 is 9.84 Å². The molecule has 1 aliphatic heterocycles. The standard InChI is InChI=1S/C12H26NO3S/c1-5-13(4)7-8-17(14,15)11-12(3,9-13)10-16-6-2/h5-11H2,1-4H3/q+1. The Morgan fingerprint density at radius 3 is 2.53 bits per heavy atom. The molecule has 0 aromatic heterocycles. The summed E-state index contributed by atoms with van der Waals surface area (Å²) in [6.45, 7) is 9.86. The van der Waals surface area contributed by atoms with Gasteiger partial charge in [-0.2, -0.15) is 0 Å². The molecule has 0 amide bonds. The van der Waals surface area contributed by atoms with Gasteiger partial charge in [0.25, 0.3) is 0 Å². The molecule has 1 rings (SSSR count). The van der Waals surface area contributed by atoms with Crippen LogP contribution >= 0.6 is 0 Å². The van der Waals surface area contributed by atoms with Gasteiger partial charge >= 0.3 is 0 Å². The quantitative estimate of drug-likeness (QED) is 0.709. The molecule has 1 saturated heterocycles. The van der Waals surface area contributed by atoms with E-state index in [0.717, 1.165) is 24.1 Å². The van der Waals surface area contributed by atoms with Gasteiger partial charge in [-0.25, -0.2) is 8.42 Å². The van der Waals surface area contributed by atoms with Crippen molar-refractivity contribution in [2.75, 3.05) is 51.4 Å². The average Bonchev–Trinajstić information content (AvgIpc) is 2.32. The number of sulfone groups is 1. The predicted molar refractivity (Wildman–Crippen MR) is 69.7 cm³/mol. The third-order valence-corrected chi connectivity index (χ3v) is 5.63. The zero-order valence-corrected chi connectivity index (χ0v) is 12.3. The molecule has 1 aliphatic rings. The van der Waals surface area contributed by atoms with E-state index in [9.17, 15) is 8.42 Å². The maximum atomic E-state index is 12.0. The highest BCUT2D eigenvalue weighted by atomic mass is 32.2. The van der Waals surface area contributed by atoms with Crippen molar-refractivity contribution < 1.29 is 17.6 Å². The Morgan fingerprint density at radius 2 is 2.00 bits per heavy atom. The third-order valence-electron chi connectivity index (χ3n) is 3.69. The summed E-state index contributed by atoms with van der Waals surface area (Å²) in [6, 6.07) is 0. The van der Waals surface area contributed by atoms with Gasteiger partial charge < -0.3 is 9.22 Å². The molecule has 102 valence electrons. The summed E-state index contributed by atoms with van der Waals surface area (Å²) in [4.78, 5) is 0. The van der Waals surface area contributed by atoms with Crippen LogP contribution in [0.5, 0.6) is 0 Å². The van der Waals surface area contributed by atoms with Crippen molar-refractivity contribution in [3.05, 3.63) is 0 Å². The lowest BCUT2D eigenvalue weighted by Gasteiger charge is -2.38. The third kappa shape index (κ3) is 4.23. The molecule has 1 heterocycles. The van der Waals surface area contributed by atoms with Crippen LogP contribution in [0.25, 0.3) is 0 Å². The molecule has 0 spiro atoms. The second kappa shape index (κ2) is 5.24. The van der Waals surface area contributed by atoms with Gasteiger partial charge in [-0.05, 0) is 13.8 Å². The van der Waals surface area contributed by atoms with E-state index in [2.05, 4.69) is 14.0 Å². The molecule has 4 nitrogen and oxygen atoms in total. The zero-order valence-electron chi connectivity index (χ0n) is 11.5. The minimum absolute atomic E-state index is 0.254. The van der Waals surface area contributed by atoms with Crippen LogP contribution < -0.4 is 0 Å². The number of nitrogens with zero attached hydrogens (tertiary/aromatic N) is 1. The first-order valence-corrected chi connectivity index (χ1v) is 8.18. The fraction of sp³-hybridized carbons (Fsp3) is 1.00. The first kappa shape index (κ1) is 14.9. The Hall–Kier alpha value is -0.130. The molecule has 0 aliphatic carbocycles. The molecular formula is C12H26NO3S+. The summed E-state index contributed by atoms with van der Waals surface area (Å²) < 4.78 is 30.3. The highest BCUT2D eigenvalue weighted by Gasteiger charge is 2.42. The van der Waals surface area contributed by atoms with Crippen molar-refractivity contribution in [1.29, 1.82) is 0 Å². The molecule has 0 N–H and O–H groups in total. The highest BCUT2D eigenvalue weighted by Crippen LogP contribution is 2.28. The Balaban J connectivity index is 2.93. The fourth-order valence-corrected chi connectivity index (χ4v) is 4.81. The SMILES string of the molecule is CCOCC1(C)C[N+](C)(CC)CCS(=O)(=O)C1. The Labute approximate surface area is 105 Å². The summed E-state index contributed by atoms with van der Waals surface area (Å²) in [7, 11) is -0.790. The van der Waals surface area contributed by atoms with Crippen LogP contribution in [-0.4, -0.2) is 64.3 Å². The van der Waals surface area contributed by atoms with E-state index in [1.54, 1.807) is 0 Å². The van der Waals surface area contributed by atoms with Crippen LogP contribution in [0, 0.1) is 5.41 Å². The number of rotatable bonds is 4. The van der Waals surface area contributed by atoms with Gasteiger partial charge in [-0.15, -0.1) is 0 Å². The van der Waals surface area contributed by atoms with Crippen LogP contribution in [0.1, 0.15) is 20.8 Å². The van der Waals surface area contributed by atoms with Crippen molar-refractivity contribution in [3.8, 4) is 0 Å². The Morgan fingerprint density at radius 1 is 1.35 bits per heavy atom. The Kier molecular flexibility index (Phi) is 4.60. The largest absolute Gasteiger partial charge is 0.381 e. The highest BCUT2D eigenvalue weighted by molar-refractivity contribution is 7.91. The van der Waals surface area contributed by atoms with Gasteiger partial charge in [0.2, 0.25) is 0 Å². The van der Waals surface area contributed by atoms with Crippen LogP contribution in [-0.2, 0) is 14.6 Å². The first-order chi connectivity index (χ1) is 7.74. The van der Waals surface area contributed by atoms with Gasteiger partial charge in [-0.1, -0.05) is 6.92 Å². The summed E-state index contributed by atoms with van der Waals surface area (Å²) in [6.07, 6.45) is 0. The van der Waals surface area contributed by atoms with Gasteiger partial charge in [0.1, 0.15) is 0 Å². The fourth-order valence-electron chi connectivity index (χ4n) is 2.71. The molecule has 0 saturated carbocycles. The predicted octanol–water partition coefficient (Wildman–Crippen LogP) is 0.924.